The maximum atomic E-state index is 13.1. The lowest BCUT2D eigenvalue weighted by atomic mass is 10.1. The number of carboxylic acid groups (broad SMARTS) is 1. The predicted octanol–water partition coefficient (Wildman–Crippen LogP) is 1.43. The van der Waals surface area contributed by atoms with Gasteiger partial charge < -0.3 is 10.8 Å². The summed E-state index contributed by atoms with van der Waals surface area (Å²) >= 11 is 5.69. The summed E-state index contributed by atoms with van der Waals surface area (Å²) in [6.07, 6.45) is -0.110. The van der Waals surface area contributed by atoms with Gasteiger partial charge in [0.25, 0.3) is 0 Å². The van der Waals surface area contributed by atoms with Crippen LogP contribution in [0.5, 0.6) is 0 Å². The second-order valence-electron chi connectivity index (χ2n) is 2.85. The van der Waals surface area contributed by atoms with Gasteiger partial charge in [-0.1, -0.05) is 17.7 Å². The average Bonchev–Trinajstić information content (AvgIpc) is 2.11. The van der Waals surface area contributed by atoms with Crippen LogP contribution in [0.25, 0.3) is 0 Å². The topological polar surface area (TPSA) is 63.3 Å². The van der Waals surface area contributed by atoms with E-state index in [1.807, 2.05) is 0 Å². The Bertz CT molecular complexity index is 336. The summed E-state index contributed by atoms with van der Waals surface area (Å²) in [5, 5.41) is 8.73. The van der Waals surface area contributed by atoms with Crippen molar-refractivity contribution in [1.29, 1.82) is 0 Å². The first kappa shape index (κ1) is 10.9. The lowest BCUT2D eigenvalue weighted by molar-refractivity contribution is -0.138. The minimum absolute atomic E-state index is 0.110. The molecule has 0 amide bonds. The van der Waals surface area contributed by atoms with Gasteiger partial charge in [-0.15, -0.1) is 0 Å². The van der Waals surface area contributed by atoms with Gasteiger partial charge in [-0.05, 0) is 12.1 Å². The highest BCUT2D eigenvalue weighted by Gasteiger charge is 2.16. The lowest BCUT2D eigenvalue weighted by Crippen LogP contribution is -2.32. The summed E-state index contributed by atoms with van der Waals surface area (Å²) in [6.45, 7) is 0. The van der Waals surface area contributed by atoms with E-state index in [0.29, 0.717) is 0 Å². The van der Waals surface area contributed by atoms with Crippen LogP contribution in [-0.2, 0) is 11.2 Å². The second kappa shape index (κ2) is 4.39. The third-order valence-electron chi connectivity index (χ3n) is 1.80. The Kier molecular flexibility index (Phi) is 3.43. The average molecular weight is 218 g/mol. The van der Waals surface area contributed by atoms with Crippen LogP contribution < -0.4 is 5.73 Å². The molecule has 0 spiro atoms. The highest BCUT2D eigenvalue weighted by Crippen LogP contribution is 2.20. The van der Waals surface area contributed by atoms with Crippen molar-refractivity contribution in [3.05, 3.63) is 34.6 Å². The Morgan fingerprint density at radius 3 is 2.79 bits per heavy atom. The van der Waals surface area contributed by atoms with Gasteiger partial charge in [-0.25, -0.2) is 4.39 Å². The molecule has 14 heavy (non-hydrogen) atoms. The van der Waals surface area contributed by atoms with Gasteiger partial charge in [0.15, 0.2) is 0 Å². The Morgan fingerprint density at radius 2 is 2.29 bits per heavy atom. The minimum Gasteiger partial charge on any atom is -0.480 e. The predicted molar refractivity (Wildman–Crippen MR) is 50.7 cm³/mol. The fourth-order valence-corrected chi connectivity index (χ4v) is 1.27. The zero-order valence-corrected chi connectivity index (χ0v) is 7.96. The number of hydrogen-bond donors (Lipinski definition) is 2. The Morgan fingerprint density at radius 1 is 1.64 bits per heavy atom. The van der Waals surface area contributed by atoms with Gasteiger partial charge in [0, 0.05) is 17.0 Å². The maximum Gasteiger partial charge on any atom is 0.320 e. The molecule has 0 aliphatic carbocycles. The fraction of sp³-hybridized carbons (Fsp3) is 0.222. The first-order chi connectivity index (χ1) is 6.52. The normalized spacial score (nSPS) is 12.5. The molecule has 1 unspecified atom stereocenters. The first-order valence-corrected chi connectivity index (χ1v) is 4.31. The van der Waals surface area contributed by atoms with Crippen LogP contribution in [-0.4, -0.2) is 17.1 Å². The summed E-state index contributed by atoms with van der Waals surface area (Å²) in [5.41, 5.74) is 5.40. The van der Waals surface area contributed by atoms with Crippen LogP contribution in [0.2, 0.25) is 5.02 Å². The molecule has 3 nitrogen and oxygen atoms in total. The Labute approximate surface area is 85.3 Å². The van der Waals surface area contributed by atoms with Crippen molar-refractivity contribution in [1.82, 2.24) is 0 Å². The van der Waals surface area contributed by atoms with Crippen LogP contribution in [0.15, 0.2) is 18.2 Å². The highest BCUT2D eigenvalue weighted by atomic mass is 35.5. The molecule has 1 rings (SSSR count). The van der Waals surface area contributed by atoms with Gasteiger partial charge in [-0.2, -0.15) is 0 Å². The SMILES string of the molecule is NC(Cc1c(F)cccc1Cl)C(=O)O. The molecule has 0 heterocycles. The largest absolute Gasteiger partial charge is 0.480 e. The molecule has 0 fully saturated rings. The van der Waals surface area contributed by atoms with Crippen LogP contribution in [0, 0.1) is 5.82 Å². The number of aliphatic carboxylic acids is 1. The van der Waals surface area contributed by atoms with Gasteiger partial charge in [0.2, 0.25) is 0 Å². The fourth-order valence-electron chi connectivity index (χ4n) is 1.03. The summed E-state index contributed by atoms with van der Waals surface area (Å²) in [6, 6.07) is 3.03. The number of halogens is 2. The van der Waals surface area contributed by atoms with Gasteiger partial charge in [0.1, 0.15) is 11.9 Å². The molecule has 0 saturated heterocycles. The van der Waals surface area contributed by atoms with Crippen molar-refractivity contribution in [3.63, 3.8) is 0 Å². The molecule has 0 aromatic heterocycles. The molecule has 3 N–H and O–H groups in total. The van der Waals surface area contributed by atoms with Crippen molar-refractivity contribution >= 4 is 17.6 Å². The summed E-state index contributed by atoms with van der Waals surface area (Å²) in [7, 11) is 0. The standard InChI is InChI=1S/C9H9ClFNO2/c10-6-2-1-3-7(11)5(6)4-8(12)9(13)14/h1-3,8H,4,12H2,(H,13,14). The van der Waals surface area contributed by atoms with E-state index in [4.69, 9.17) is 22.4 Å². The van der Waals surface area contributed by atoms with Crippen LogP contribution >= 0.6 is 11.6 Å². The lowest BCUT2D eigenvalue weighted by Gasteiger charge is -2.08. The maximum absolute atomic E-state index is 13.1. The molecule has 0 bridgehead atoms. The molecule has 0 saturated carbocycles. The van der Waals surface area contributed by atoms with Crippen molar-refractivity contribution in [2.45, 2.75) is 12.5 Å². The molecular formula is C9H9ClFNO2. The number of carbonyl (C=O) groups is 1. The van der Waals surface area contributed by atoms with Crippen molar-refractivity contribution in [2.24, 2.45) is 5.73 Å². The van der Waals surface area contributed by atoms with Crippen molar-refractivity contribution < 1.29 is 14.3 Å². The number of rotatable bonds is 3. The van der Waals surface area contributed by atoms with Gasteiger partial charge in [-0.3, -0.25) is 4.79 Å². The van der Waals surface area contributed by atoms with Crippen LogP contribution in [0.4, 0.5) is 4.39 Å². The minimum atomic E-state index is -1.18. The molecule has 1 aromatic rings. The Balaban J connectivity index is 2.91. The molecular weight excluding hydrogens is 209 g/mol. The molecule has 0 aliphatic heterocycles. The third kappa shape index (κ3) is 2.43. The summed E-state index contributed by atoms with van der Waals surface area (Å²) < 4.78 is 13.1. The molecule has 5 heteroatoms. The third-order valence-corrected chi connectivity index (χ3v) is 2.16. The van der Waals surface area contributed by atoms with E-state index in [1.165, 1.54) is 18.2 Å². The number of carboxylic acids is 1. The van der Waals surface area contributed by atoms with Crippen LogP contribution in [0.1, 0.15) is 5.56 Å². The quantitative estimate of drug-likeness (QED) is 0.805. The number of benzene rings is 1. The molecule has 0 aliphatic rings. The van der Waals surface area contributed by atoms with Crippen molar-refractivity contribution in [3.8, 4) is 0 Å². The van der Waals surface area contributed by atoms with E-state index < -0.39 is 17.8 Å². The highest BCUT2D eigenvalue weighted by molar-refractivity contribution is 6.31. The Hall–Kier alpha value is -1.13. The van der Waals surface area contributed by atoms with Crippen molar-refractivity contribution in [2.75, 3.05) is 0 Å². The molecule has 1 atom stereocenters. The van der Waals surface area contributed by atoms with E-state index in [2.05, 4.69) is 0 Å². The van der Waals surface area contributed by atoms with Gasteiger partial charge >= 0.3 is 5.97 Å². The smallest absolute Gasteiger partial charge is 0.320 e. The summed E-state index contributed by atoms with van der Waals surface area (Å²) in [4.78, 5) is 10.4. The van der Waals surface area contributed by atoms with E-state index in [9.17, 15) is 9.18 Å². The monoisotopic (exact) mass is 217 g/mol. The number of nitrogens with two attached hydrogens (primary N) is 1. The molecule has 1 aromatic carbocycles. The van der Waals surface area contributed by atoms with Crippen LogP contribution in [0.3, 0.4) is 0 Å². The number of hydrogen-bond acceptors (Lipinski definition) is 2. The van der Waals surface area contributed by atoms with E-state index in [0.717, 1.165) is 0 Å². The molecule has 0 radical (unpaired) electrons. The zero-order valence-electron chi connectivity index (χ0n) is 7.21. The molecule has 76 valence electrons. The summed E-state index contributed by atoms with van der Waals surface area (Å²) in [5.74, 6) is -1.71. The second-order valence-corrected chi connectivity index (χ2v) is 3.26. The zero-order chi connectivity index (χ0) is 10.7. The van der Waals surface area contributed by atoms with E-state index in [-0.39, 0.29) is 17.0 Å². The van der Waals surface area contributed by atoms with E-state index in [1.54, 1.807) is 0 Å². The van der Waals surface area contributed by atoms with E-state index >= 15 is 0 Å². The first-order valence-electron chi connectivity index (χ1n) is 3.93. The van der Waals surface area contributed by atoms with Gasteiger partial charge in [0.05, 0.1) is 0 Å².